The summed E-state index contributed by atoms with van der Waals surface area (Å²) in [4.78, 5) is 0. The molecule has 0 heteroatoms. The monoisotopic (exact) mass is 1180 g/mol. The van der Waals surface area contributed by atoms with Crippen LogP contribution in [0.5, 0.6) is 0 Å². The van der Waals surface area contributed by atoms with Gasteiger partial charge in [0.15, 0.2) is 0 Å². The third kappa shape index (κ3) is 13.2. The second-order valence-electron chi connectivity index (χ2n) is 38.1. The molecule has 0 nitrogen and oxygen atoms in total. The fourth-order valence-electron chi connectivity index (χ4n) is 30.9. The maximum absolute atomic E-state index is 2.79. The quantitative estimate of drug-likeness (QED) is 0.183. The second kappa shape index (κ2) is 28.9. The zero-order valence-corrected chi connectivity index (χ0v) is 57.4. The highest BCUT2D eigenvalue weighted by Gasteiger charge is 2.66. The predicted octanol–water partition coefficient (Wildman–Crippen LogP) is 26.1. The lowest BCUT2D eigenvalue weighted by Gasteiger charge is -2.58. The first kappa shape index (κ1) is 62.1. The molecule has 15 aliphatic rings. The zero-order chi connectivity index (χ0) is 57.4. The molecule has 0 aromatic carbocycles. The molecular formula is C86H144. The van der Waals surface area contributed by atoms with Crippen LogP contribution in [0.2, 0.25) is 0 Å². The number of hydrogen-bond donors (Lipinski definition) is 0. The highest BCUT2D eigenvalue weighted by molar-refractivity contribution is 5.15. The van der Waals surface area contributed by atoms with E-state index in [4.69, 9.17) is 0 Å². The average Bonchev–Trinajstić information content (AvgIpc) is 1.63. The van der Waals surface area contributed by atoms with E-state index in [9.17, 15) is 0 Å². The molecule has 15 saturated carbocycles. The summed E-state index contributed by atoms with van der Waals surface area (Å²) in [6, 6.07) is 0. The summed E-state index contributed by atoms with van der Waals surface area (Å²) < 4.78 is 0. The Morgan fingerprint density at radius 1 is 0.163 bits per heavy atom. The van der Waals surface area contributed by atoms with Gasteiger partial charge in [0.1, 0.15) is 0 Å². The molecule has 488 valence electrons. The van der Waals surface area contributed by atoms with Crippen LogP contribution in [0, 0.1) is 165 Å². The maximum Gasteiger partial charge on any atom is -0.0179 e. The van der Waals surface area contributed by atoms with Crippen molar-refractivity contribution in [3.05, 3.63) is 0 Å². The second-order valence-corrected chi connectivity index (χ2v) is 38.1. The van der Waals surface area contributed by atoms with Gasteiger partial charge in [0.05, 0.1) is 0 Å². The van der Waals surface area contributed by atoms with Crippen LogP contribution in [0.25, 0.3) is 0 Å². The van der Waals surface area contributed by atoms with Crippen LogP contribution in [0.4, 0.5) is 0 Å². The summed E-state index contributed by atoms with van der Waals surface area (Å²) in [6.07, 6.45) is 91.6. The molecule has 5 atom stereocenters. The fourth-order valence-corrected chi connectivity index (χ4v) is 30.9. The topological polar surface area (TPSA) is 0 Å². The third-order valence-electron chi connectivity index (χ3n) is 35.4. The van der Waals surface area contributed by atoms with Crippen LogP contribution in [0.15, 0.2) is 0 Å². The van der Waals surface area contributed by atoms with Crippen LogP contribution in [-0.2, 0) is 0 Å². The van der Waals surface area contributed by atoms with E-state index in [1.807, 2.05) is 0 Å². The van der Waals surface area contributed by atoms with Crippen molar-refractivity contribution in [2.24, 2.45) is 165 Å². The number of hydrogen-bond acceptors (Lipinski definition) is 0. The van der Waals surface area contributed by atoms with E-state index in [-0.39, 0.29) is 0 Å². The van der Waals surface area contributed by atoms with E-state index in [0.717, 1.165) is 165 Å². The molecule has 0 saturated heterocycles. The Kier molecular flexibility index (Phi) is 20.9. The summed E-state index contributed by atoms with van der Waals surface area (Å²) in [5.74, 6) is 29.6. The van der Waals surface area contributed by atoms with Gasteiger partial charge in [0.2, 0.25) is 0 Å². The van der Waals surface area contributed by atoms with Gasteiger partial charge in [-0.25, -0.2) is 0 Å². The number of rotatable bonds is 12. The molecule has 5 unspecified atom stereocenters. The van der Waals surface area contributed by atoms with Gasteiger partial charge < -0.3 is 0 Å². The van der Waals surface area contributed by atoms with Gasteiger partial charge in [0, 0.05) is 0 Å². The zero-order valence-electron chi connectivity index (χ0n) is 57.4. The molecule has 0 radical (unpaired) electrons. The van der Waals surface area contributed by atoms with Gasteiger partial charge in [-0.1, -0.05) is 96.8 Å². The van der Waals surface area contributed by atoms with E-state index in [1.54, 1.807) is 353 Å². The maximum atomic E-state index is 2.79. The lowest BCUT2D eigenvalue weighted by molar-refractivity contribution is -0.0904. The van der Waals surface area contributed by atoms with Crippen molar-refractivity contribution in [3.63, 3.8) is 0 Å². The Balaban J connectivity index is 0.494. The largest absolute Gasteiger partial charge is 0.0622 e. The molecule has 0 aromatic rings. The van der Waals surface area contributed by atoms with Crippen LogP contribution in [0.1, 0.15) is 373 Å². The molecule has 0 aromatic heterocycles. The van der Waals surface area contributed by atoms with Crippen molar-refractivity contribution in [3.8, 4) is 0 Å². The summed E-state index contributed by atoms with van der Waals surface area (Å²) in [6.45, 7) is 2.79. The van der Waals surface area contributed by atoms with Gasteiger partial charge in [-0.05, 0) is 441 Å². The highest BCUT2D eigenvalue weighted by atomic mass is 14.7. The van der Waals surface area contributed by atoms with Crippen LogP contribution >= 0.6 is 0 Å². The first-order valence-electron chi connectivity index (χ1n) is 42.5. The van der Waals surface area contributed by atoms with Crippen molar-refractivity contribution < 1.29 is 0 Å². The minimum atomic E-state index is 0.729. The van der Waals surface area contributed by atoms with Gasteiger partial charge >= 0.3 is 0 Å². The van der Waals surface area contributed by atoms with Crippen LogP contribution in [-0.4, -0.2) is 0 Å². The van der Waals surface area contributed by atoms with Crippen molar-refractivity contribution >= 4 is 0 Å². The van der Waals surface area contributed by atoms with Crippen molar-refractivity contribution in [2.75, 3.05) is 0 Å². The van der Waals surface area contributed by atoms with Gasteiger partial charge in [-0.3, -0.25) is 0 Å². The van der Waals surface area contributed by atoms with Crippen molar-refractivity contribution in [1.29, 1.82) is 0 Å². The summed E-state index contributed by atoms with van der Waals surface area (Å²) in [7, 11) is 0. The van der Waals surface area contributed by atoms with Gasteiger partial charge in [-0.15, -0.1) is 0 Å². The van der Waals surface area contributed by atoms with Crippen LogP contribution < -0.4 is 0 Å². The summed E-state index contributed by atoms with van der Waals surface area (Å²) in [5.41, 5.74) is 0.729. The molecule has 0 bridgehead atoms. The molecule has 15 aliphatic carbocycles. The Bertz CT molecular complexity index is 1850. The lowest BCUT2D eigenvalue weighted by Crippen LogP contribution is -2.51. The Morgan fingerprint density at radius 3 is 0.616 bits per heavy atom. The van der Waals surface area contributed by atoms with E-state index >= 15 is 0 Å². The molecule has 0 aliphatic heterocycles. The van der Waals surface area contributed by atoms with Gasteiger partial charge in [0.25, 0.3) is 0 Å². The fraction of sp³-hybridized carbons (Fsp3) is 1.00. The molecule has 15 rings (SSSR count). The Labute approximate surface area is 535 Å². The van der Waals surface area contributed by atoms with Crippen molar-refractivity contribution in [2.45, 2.75) is 373 Å². The molecular weight excluding hydrogens is 1030 g/mol. The normalized spacial score (nSPS) is 50.8. The third-order valence-corrected chi connectivity index (χ3v) is 35.4. The predicted molar refractivity (Wildman–Crippen MR) is 366 cm³/mol. The summed E-state index contributed by atoms with van der Waals surface area (Å²) in [5, 5.41) is 0. The van der Waals surface area contributed by atoms with E-state index in [1.165, 1.54) is 12.8 Å². The molecule has 0 amide bonds. The number of fused-ring (bicyclic) bond motifs is 3. The molecule has 15 fully saturated rings. The Hall–Kier alpha value is 0. The van der Waals surface area contributed by atoms with Crippen LogP contribution in [0.3, 0.4) is 0 Å². The van der Waals surface area contributed by atoms with E-state index < -0.39 is 0 Å². The summed E-state index contributed by atoms with van der Waals surface area (Å²) >= 11 is 0. The molecule has 0 spiro atoms. The SMILES string of the molecule is CC1CCCC2C1C1CCCCC1C2(C1CCC(C2CCC(C3CCC(C4CCC(C5CCC(C6CCCCC6)CC5)CC4)CC3)CC2)CC1)C1CCC(C2CCC(C3CCC(C4CCC(C5CCC(C6CCCCC6)CC5)CC4)CC3)CC2)CC1. The standard InChI is InChI=1S/C86H144/c1-59-11-10-18-84-85(59)82-16-8-9-17-83(82)86(84,80-55-51-78(52-56-80)76-47-43-74(44-48-76)72-39-35-70(36-40-72)68-31-27-66(28-32-68)64-23-19-62(20-24-64)60-12-4-2-5-13-60)81-57-53-79(54-58-81)77-49-45-75(46-50-77)73-41-37-71(38-42-73)69-33-29-67(30-34-69)65-25-21-63(22-26-65)61-14-6-3-7-15-61/h59-85H,2-58H2,1H3. The first-order valence-corrected chi connectivity index (χ1v) is 42.5. The van der Waals surface area contributed by atoms with Gasteiger partial charge in [-0.2, -0.15) is 0 Å². The van der Waals surface area contributed by atoms with E-state index in [2.05, 4.69) is 6.92 Å². The average molecular weight is 1180 g/mol. The first-order chi connectivity index (χ1) is 42.5. The Morgan fingerprint density at radius 2 is 0.360 bits per heavy atom. The minimum Gasteiger partial charge on any atom is -0.0622 e. The van der Waals surface area contributed by atoms with Crippen molar-refractivity contribution in [1.82, 2.24) is 0 Å². The molecule has 0 N–H and O–H groups in total. The highest BCUT2D eigenvalue weighted by Crippen LogP contribution is 2.73. The molecule has 86 heavy (non-hydrogen) atoms. The smallest absolute Gasteiger partial charge is 0.0179 e. The lowest BCUT2D eigenvalue weighted by atomic mass is 9.47. The van der Waals surface area contributed by atoms with E-state index in [0.29, 0.717) is 0 Å². The molecule has 0 heterocycles. The minimum absolute atomic E-state index is 0.729.